The van der Waals surface area contributed by atoms with Crippen molar-refractivity contribution in [3.63, 3.8) is 0 Å². The normalized spacial score (nSPS) is 10.8. The zero-order chi connectivity index (χ0) is 12.5. The molecule has 88 valence electrons. The number of nitrogens with zero attached hydrogens (tertiary/aromatic N) is 1. The van der Waals surface area contributed by atoms with Crippen LogP contribution >= 0.6 is 15.9 Å². The van der Waals surface area contributed by atoms with E-state index >= 15 is 0 Å². The fourth-order valence-electron chi connectivity index (χ4n) is 1.91. The largest absolute Gasteiger partial charge is 0.248 e. The van der Waals surface area contributed by atoms with Crippen LogP contribution in [0.1, 0.15) is 0 Å². The van der Waals surface area contributed by atoms with Gasteiger partial charge in [0.15, 0.2) is 0 Å². The number of rotatable bonds is 1. The maximum absolute atomic E-state index is 13.2. The maximum atomic E-state index is 13.2. The van der Waals surface area contributed by atoms with Gasteiger partial charge < -0.3 is 0 Å². The molecule has 0 aliphatic carbocycles. The van der Waals surface area contributed by atoms with Crippen LogP contribution < -0.4 is 0 Å². The zero-order valence-corrected chi connectivity index (χ0v) is 11.0. The summed E-state index contributed by atoms with van der Waals surface area (Å²) >= 11 is 3.47. The minimum atomic E-state index is -0.252. The standard InChI is InChI=1S/C15H9BrFN/c16-13-9-15(10-4-2-1-3-5-10)18-14-7-6-11(17)8-12(13)14/h1-9H. The van der Waals surface area contributed by atoms with Gasteiger partial charge in [0.2, 0.25) is 0 Å². The zero-order valence-electron chi connectivity index (χ0n) is 9.40. The Balaban J connectivity index is 2.25. The quantitative estimate of drug-likeness (QED) is 0.629. The van der Waals surface area contributed by atoms with E-state index in [4.69, 9.17) is 0 Å². The van der Waals surface area contributed by atoms with Crippen LogP contribution in [0.5, 0.6) is 0 Å². The van der Waals surface area contributed by atoms with Crippen LogP contribution in [0.2, 0.25) is 0 Å². The molecule has 3 rings (SSSR count). The smallest absolute Gasteiger partial charge is 0.124 e. The Labute approximate surface area is 112 Å². The average Bonchev–Trinajstić information content (AvgIpc) is 2.40. The van der Waals surface area contributed by atoms with Crippen LogP contribution in [0.3, 0.4) is 0 Å². The van der Waals surface area contributed by atoms with Crippen molar-refractivity contribution < 1.29 is 4.39 Å². The number of hydrogen-bond acceptors (Lipinski definition) is 1. The average molecular weight is 302 g/mol. The molecule has 0 aliphatic rings. The molecule has 3 heteroatoms. The highest BCUT2D eigenvalue weighted by Crippen LogP contribution is 2.28. The minimum absolute atomic E-state index is 0.252. The Morgan fingerprint density at radius 1 is 0.944 bits per heavy atom. The predicted molar refractivity (Wildman–Crippen MR) is 74.8 cm³/mol. The Morgan fingerprint density at radius 3 is 2.50 bits per heavy atom. The van der Waals surface area contributed by atoms with Crippen LogP contribution in [0.15, 0.2) is 59.1 Å². The number of benzene rings is 2. The van der Waals surface area contributed by atoms with Crippen molar-refractivity contribution in [2.75, 3.05) is 0 Å². The van der Waals surface area contributed by atoms with Crippen molar-refractivity contribution in [3.8, 4) is 11.3 Å². The Morgan fingerprint density at radius 2 is 1.72 bits per heavy atom. The van der Waals surface area contributed by atoms with Crippen molar-refractivity contribution in [3.05, 3.63) is 64.9 Å². The summed E-state index contributed by atoms with van der Waals surface area (Å²) < 4.78 is 14.0. The Kier molecular flexibility index (Phi) is 2.84. The van der Waals surface area contributed by atoms with Crippen LogP contribution in [0, 0.1) is 5.82 Å². The van der Waals surface area contributed by atoms with Gasteiger partial charge in [-0.05, 0) is 24.3 Å². The third-order valence-electron chi connectivity index (χ3n) is 2.79. The first kappa shape index (κ1) is 11.4. The summed E-state index contributed by atoms with van der Waals surface area (Å²) in [6, 6.07) is 16.4. The molecule has 0 aliphatic heterocycles. The number of halogens is 2. The summed E-state index contributed by atoms with van der Waals surface area (Å²) in [7, 11) is 0. The summed E-state index contributed by atoms with van der Waals surface area (Å²) in [6.45, 7) is 0. The van der Waals surface area contributed by atoms with Crippen molar-refractivity contribution in [1.29, 1.82) is 0 Å². The molecule has 0 fully saturated rings. The van der Waals surface area contributed by atoms with E-state index in [-0.39, 0.29) is 5.82 Å². The Hall–Kier alpha value is -1.74. The van der Waals surface area contributed by atoms with Crippen LogP contribution in [0.25, 0.3) is 22.2 Å². The highest BCUT2D eigenvalue weighted by molar-refractivity contribution is 9.10. The molecule has 1 heterocycles. The van der Waals surface area contributed by atoms with E-state index in [9.17, 15) is 4.39 Å². The summed E-state index contributed by atoms with van der Waals surface area (Å²) in [5.41, 5.74) is 2.70. The first-order chi connectivity index (χ1) is 8.74. The fraction of sp³-hybridized carbons (Fsp3) is 0. The van der Waals surface area contributed by atoms with Crippen molar-refractivity contribution in [2.24, 2.45) is 0 Å². The molecule has 0 atom stereocenters. The van der Waals surface area contributed by atoms with Gasteiger partial charge in [0, 0.05) is 15.4 Å². The predicted octanol–water partition coefficient (Wildman–Crippen LogP) is 4.80. The van der Waals surface area contributed by atoms with Gasteiger partial charge in [0.05, 0.1) is 11.2 Å². The van der Waals surface area contributed by atoms with Gasteiger partial charge in [-0.2, -0.15) is 0 Å². The van der Waals surface area contributed by atoms with Crippen LogP contribution in [-0.2, 0) is 0 Å². The number of fused-ring (bicyclic) bond motifs is 1. The monoisotopic (exact) mass is 301 g/mol. The molecule has 0 bridgehead atoms. The van der Waals surface area contributed by atoms with Crippen LogP contribution in [-0.4, -0.2) is 4.98 Å². The maximum Gasteiger partial charge on any atom is 0.124 e. The molecular weight excluding hydrogens is 293 g/mol. The summed E-state index contributed by atoms with van der Waals surface area (Å²) in [6.07, 6.45) is 0. The lowest BCUT2D eigenvalue weighted by atomic mass is 10.1. The molecule has 3 aromatic rings. The van der Waals surface area contributed by atoms with Crippen molar-refractivity contribution in [2.45, 2.75) is 0 Å². The lowest BCUT2D eigenvalue weighted by molar-refractivity contribution is 0.629. The van der Waals surface area contributed by atoms with Gasteiger partial charge in [0.25, 0.3) is 0 Å². The first-order valence-corrected chi connectivity index (χ1v) is 6.34. The van der Waals surface area contributed by atoms with Gasteiger partial charge >= 0.3 is 0 Å². The van der Waals surface area contributed by atoms with E-state index in [0.717, 1.165) is 26.6 Å². The molecule has 1 nitrogen and oxygen atoms in total. The molecule has 18 heavy (non-hydrogen) atoms. The molecule has 0 N–H and O–H groups in total. The minimum Gasteiger partial charge on any atom is -0.248 e. The first-order valence-electron chi connectivity index (χ1n) is 5.55. The van der Waals surface area contributed by atoms with E-state index in [1.54, 1.807) is 6.07 Å². The van der Waals surface area contributed by atoms with Gasteiger partial charge in [-0.25, -0.2) is 9.37 Å². The van der Waals surface area contributed by atoms with E-state index < -0.39 is 0 Å². The van der Waals surface area contributed by atoms with Gasteiger partial charge in [-0.1, -0.05) is 46.3 Å². The van der Waals surface area contributed by atoms with Gasteiger partial charge in [0.1, 0.15) is 5.82 Å². The second-order valence-electron chi connectivity index (χ2n) is 4.02. The molecule has 0 spiro atoms. The third kappa shape index (κ3) is 2.02. The van der Waals surface area contributed by atoms with Crippen molar-refractivity contribution >= 4 is 26.8 Å². The lowest BCUT2D eigenvalue weighted by Crippen LogP contribution is -1.87. The SMILES string of the molecule is Fc1ccc2nc(-c3ccccc3)cc(Br)c2c1. The highest BCUT2D eigenvalue weighted by Gasteiger charge is 2.06. The molecule has 0 unspecified atom stereocenters. The summed E-state index contributed by atoms with van der Waals surface area (Å²) in [5, 5.41) is 0.787. The van der Waals surface area contributed by atoms with Gasteiger partial charge in [-0.3, -0.25) is 0 Å². The van der Waals surface area contributed by atoms with E-state index in [2.05, 4.69) is 20.9 Å². The van der Waals surface area contributed by atoms with Crippen LogP contribution in [0.4, 0.5) is 4.39 Å². The molecule has 0 saturated carbocycles. The molecule has 0 radical (unpaired) electrons. The molecule has 2 aromatic carbocycles. The van der Waals surface area contributed by atoms with E-state index in [0.29, 0.717) is 0 Å². The second kappa shape index (κ2) is 4.50. The second-order valence-corrected chi connectivity index (χ2v) is 4.87. The topological polar surface area (TPSA) is 12.9 Å². The summed E-state index contributed by atoms with van der Waals surface area (Å²) in [5.74, 6) is -0.252. The lowest BCUT2D eigenvalue weighted by Gasteiger charge is -2.05. The molecule has 0 saturated heterocycles. The van der Waals surface area contributed by atoms with Gasteiger partial charge in [-0.15, -0.1) is 0 Å². The van der Waals surface area contributed by atoms with Crippen molar-refractivity contribution in [1.82, 2.24) is 4.98 Å². The highest BCUT2D eigenvalue weighted by atomic mass is 79.9. The van der Waals surface area contributed by atoms with E-state index in [1.165, 1.54) is 12.1 Å². The van der Waals surface area contributed by atoms with E-state index in [1.807, 2.05) is 36.4 Å². The fourth-order valence-corrected chi connectivity index (χ4v) is 2.45. The third-order valence-corrected chi connectivity index (χ3v) is 3.45. The Bertz CT molecular complexity index is 710. The summed E-state index contributed by atoms with van der Waals surface area (Å²) in [4.78, 5) is 4.55. The molecule has 0 amide bonds. The molecule has 1 aromatic heterocycles. The number of aromatic nitrogens is 1. The molecular formula is C15H9BrFN. The number of hydrogen-bond donors (Lipinski definition) is 0. The number of pyridine rings is 1.